The highest BCUT2D eigenvalue weighted by atomic mass is 16.5. The van der Waals surface area contributed by atoms with Crippen LogP contribution in [0.1, 0.15) is 21.5 Å². The molecule has 118 valence electrons. The number of carboxylic acids is 1. The Balaban J connectivity index is 1.82. The van der Waals surface area contributed by atoms with Crippen molar-refractivity contribution < 1.29 is 19.4 Å². The van der Waals surface area contributed by atoms with E-state index in [0.29, 0.717) is 11.3 Å². The van der Waals surface area contributed by atoms with Crippen molar-refractivity contribution in [1.29, 1.82) is 0 Å². The van der Waals surface area contributed by atoms with E-state index in [1.165, 1.54) is 18.3 Å². The number of carbonyl (C=O) groups excluding carboxylic acids is 1. The van der Waals surface area contributed by atoms with Gasteiger partial charge in [-0.2, -0.15) is 5.10 Å². The molecule has 23 heavy (non-hydrogen) atoms. The van der Waals surface area contributed by atoms with Gasteiger partial charge in [0.05, 0.1) is 11.8 Å². The van der Waals surface area contributed by atoms with Crippen molar-refractivity contribution in [2.75, 3.05) is 6.61 Å². The number of nitrogens with one attached hydrogen (secondary N) is 1. The number of hydrazone groups is 1. The summed E-state index contributed by atoms with van der Waals surface area (Å²) in [5.41, 5.74) is 4.16. The maximum absolute atomic E-state index is 11.6. The number of benzene rings is 2. The molecule has 1 amide bonds. The summed E-state index contributed by atoms with van der Waals surface area (Å²) in [4.78, 5) is 22.4. The van der Waals surface area contributed by atoms with Crippen molar-refractivity contribution in [2.24, 2.45) is 5.10 Å². The lowest BCUT2D eigenvalue weighted by Gasteiger charge is -2.07. The molecule has 2 aromatic rings. The molecule has 0 saturated carbocycles. The van der Waals surface area contributed by atoms with Crippen molar-refractivity contribution in [3.8, 4) is 5.75 Å². The summed E-state index contributed by atoms with van der Waals surface area (Å²) in [5.74, 6) is -0.724. The second kappa shape index (κ2) is 7.74. The number of nitrogens with zero attached hydrogens (tertiary/aromatic N) is 1. The van der Waals surface area contributed by atoms with Gasteiger partial charge >= 0.3 is 5.97 Å². The fourth-order valence-electron chi connectivity index (χ4n) is 1.78. The third kappa shape index (κ3) is 4.96. The maximum Gasteiger partial charge on any atom is 0.335 e. The molecule has 0 saturated heterocycles. The first-order valence-electron chi connectivity index (χ1n) is 6.90. The van der Waals surface area contributed by atoms with E-state index in [2.05, 4.69) is 10.5 Å². The van der Waals surface area contributed by atoms with Crippen LogP contribution >= 0.6 is 0 Å². The van der Waals surface area contributed by atoms with Crippen LogP contribution < -0.4 is 10.2 Å². The minimum Gasteiger partial charge on any atom is -0.483 e. The molecule has 0 radical (unpaired) electrons. The Morgan fingerprint density at radius 2 is 1.87 bits per heavy atom. The monoisotopic (exact) mass is 312 g/mol. The van der Waals surface area contributed by atoms with Crippen molar-refractivity contribution >= 4 is 18.1 Å². The second-order valence-electron chi connectivity index (χ2n) is 4.77. The number of ether oxygens (including phenoxy) is 1. The number of hydrogen-bond acceptors (Lipinski definition) is 4. The van der Waals surface area contributed by atoms with Crippen LogP contribution in [-0.4, -0.2) is 29.8 Å². The Kier molecular flexibility index (Phi) is 5.46. The number of aryl methyl sites for hydroxylation is 1. The predicted molar refractivity (Wildman–Crippen MR) is 85.8 cm³/mol. The number of aromatic carboxylic acids is 1. The lowest BCUT2D eigenvalue weighted by atomic mass is 10.1. The SMILES string of the molecule is Cc1ccccc1OCC(=O)N/N=C\c1ccc(C(=O)O)cc1. The third-order valence-corrected chi connectivity index (χ3v) is 3.01. The summed E-state index contributed by atoms with van der Waals surface area (Å²) in [5, 5.41) is 12.6. The molecule has 2 rings (SSSR count). The fraction of sp³-hybridized carbons (Fsp3) is 0.118. The van der Waals surface area contributed by atoms with Gasteiger partial charge in [0.1, 0.15) is 5.75 Å². The van der Waals surface area contributed by atoms with Gasteiger partial charge in [-0.25, -0.2) is 10.2 Å². The Bertz CT molecular complexity index is 724. The topological polar surface area (TPSA) is 88.0 Å². The Morgan fingerprint density at radius 1 is 1.17 bits per heavy atom. The molecule has 2 N–H and O–H groups in total. The molecule has 0 aliphatic carbocycles. The van der Waals surface area contributed by atoms with E-state index in [9.17, 15) is 9.59 Å². The van der Waals surface area contributed by atoms with Crippen LogP contribution in [0.2, 0.25) is 0 Å². The van der Waals surface area contributed by atoms with E-state index in [1.54, 1.807) is 18.2 Å². The van der Waals surface area contributed by atoms with Crippen LogP contribution in [0.15, 0.2) is 53.6 Å². The molecule has 2 aromatic carbocycles. The average Bonchev–Trinajstić information content (AvgIpc) is 2.54. The van der Waals surface area contributed by atoms with Crippen LogP contribution in [-0.2, 0) is 4.79 Å². The Labute approximate surface area is 133 Å². The molecule has 6 heteroatoms. The summed E-state index contributed by atoms with van der Waals surface area (Å²) in [7, 11) is 0. The maximum atomic E-state index is 11.6. The minimum absolute atomic E-state index is 0.139. The zero-order valence-electron chi connectivity index (χ0n) is 12.5. The molecular formula is C17H16N2O4. The minimum atomic E-state index is -0.991. The zero-order valence-corrected chi connectivity index (χ0v) is 12.5. The van der Waals surface area contributed by atoms with Gasteiger partial charge in [-0.05, 0) is 36.2 Å². The average molecular weight is 312 g/mol. The summed E-state index contributed by atoms with van der Waals surface area (Å²) in [6.45, 7) is 1.76. The first-order chi connectivity index (χ1) is 11.1. The van der Waals surface area contributed by atoms with Crippen molar-refractivity contribution in [3.63, 3.8) is 0 Å². The number of para-hydroxylation sites is 1. The highest BCUT2D eigenvalue weighted by molar-refractivity contribution is 5.89. The molecule has 0 unspecified atom stereocenters. The van der Waals surface area contributed by atoms with E-state index in [0.717, 1.165) is 5.56 Å². The first kappa shape index (κ1) is 16.2. The van der Waals surface area contributed by atoms with Crippen molar-refractivity contribution in [3.05, 3.63) is 65.2 Å². The molecule has 0 aliphatic heterocycles. The van der Waals surface area contributed by atoms with Crippen molar-refractivity contribution in [1.82, 2.24) is 5.43 Å². The van der Waals surface area contributed by atoms with E-state index in [-0.39, 0.29) is 18.1 Å². The molecule has 0 aliphatic rings. The fourth-order valence-corrected chi connectivity index (χ4v) is 1.78. The van der Waals surface area contributed by atoms with Gasteiger partial charge in [-0.3, -0.25) is 4.79 Å². The van der Waals surface area contributed by atoms with Gasteiger partial charge < -0.3 is 9.84 Å². The van der Waals surface area contributed by atoms with Gasteiger partial charge in [0, 0.05) is 0 Å². The molecule has 0 aromatic heterocycles. The standard InChI is InChI=1S/C17H16N2O4/c1-12-4-2-3-5-15(12)23-11-16(20)19-18-10-13-6-8-14(9-7-13)17(21)22/h2-10H,11H2,1H3,(H,19,20)(H,21,22)/b18-10-. The highest BCUT2D eigenvalue weighted by Gasteiger charge is 2.03. The smallest absolute Gasteiger partial charge is 0.335 e. The number of amides is 1. The largest absolute Gasteiger partial charge is 0.483 e. The van der Waals surface area contributed by atoms with E-state index >= 15 is 0 Å². The zero-order chi connectivity index (χ0) is 16.7. The molecule has 0 atom stereocenters. The van der Waals surface area contributed by atoms with E-state index in [1.807, 2.05) is 25.1 Å². The molecule has 0 fully saturated rings. The second-order valence-corrected chi connectivity index (χ2v) is 4.77. The molecule has 0 spiro atoms. The van der Waals surface area contributed by atoms with E-state index in [4.69, 9.17) is 9.84 Å². The normalized spacial score (nSPS) is 10.5. The van der Waals surface area contributed by atoms with Gasteiger partial charge in [0.25, 0.3) is 5.91 Å². The number of hydrogen-bond donors (Lipinski definition) is 2. The molecular weight excluding hydrogens is 296 g/mol. The first-order valence-corrected chi connectivity index (χ1v) is 6.90. The highest BCUT2D eigenvalue weighted by Crippen LogP contribution is 2.15. The number of rotatable bonds is 6. The van der Waals surface area contributed by atoms with Crippen LogP contribution in [0.5, 0.6) is 5.75 Å². The van der Waals surface area contributed by atoms with Crippen molar-refractivity contribution in [2.45, 2.75) is 6.92 Å². The van der Waals surface area contributed by atoms with Crippen LogP contribution in [0.25, 0.3) is 0 Å². The number of carbonyl (C=O) groups is 2. The van der Waals surface area contributed by atoms with Crippen LogP contribution in [0.4, 0.5) is 0 Å². The molecule has 0 heterocycles. The molecule has 0 bridgehead atoms. The third-order valence-electron chi connectivity index (χ3n) is 3.01. The summed E-state index contributed by atoms with van der Waals surface area (Å²) in [6, 6.07) is 13.5. The molecule has 6 nitrogen and oxygen atoms in total. The lowest BCUT2D eigenvalue weighted by molar-refractivity contribution is -0.123. The predicted octanol–water partition coefficient (Wildman–Crippen LogP) is 2.22. The summed E-state index contributed by atoms with van der Waals surface area (Å²) in [6.07, 6.45) is 1.43. The Morgan fingerprint density at radius 3 is 2.52 bits per heavy atom. The van der Waals surface area contributed by atoms with Gasteiger partial charge in [0.2, 0.25) is 0 Å². The lowest BCUT2D eigenvalue weighted by Crippen LogP contribution is -2.24. The van der Waals surface area contributed by atoms with Crippen LogP contribution in [0.3, 0.4) is 0 Å². The van der Waals surface area contributed by atoms with Gasteiger partial charge in [-0.15, -0.1) is 0 Å². The van der Waals surface area contributed by atoms with Gasteiger partial charge in [0.15, 0.2) is 6.61 Å². The van der Waals surface area contributed by atoms with Gasteiger partial charge in [-0.1, -0.05) is 30.3 Å². The summed E-state index contributed by atoms with van der Waals surface area (Å²) < 4.78 is 5.39. The summed E-state index contributed by atoms with van der Waals surface area (Å²) >= 11 is 0. The number of carboxylic acid groups (broad SMARTS) is 1. The van der Waals surface area contributed by atoms with Crippen LogP contribution in [0, 0.1) is 6.92 Å². The quantitative estimate of drug-likeness (QED) is 0.632. The van der Waals surface area contributed by atoms with E-state index < -0.39 is 5.97 Å². The Hall–Kier alpha value is -3.15.